The first-order valence-electron chi connectivity index (χ1n) is 5.11. The molecule has 0 amide bonds. The Balaban J connectivity index is 2.11. The summed E-state index contributed by atoms with van der Waals surface area (Å²) in [4.78, 5) is 4.76. The lowest BCUT2D eigenvalue weighted by Gasteiger charge is -2.33. The Hall–Kier alpha value is -1.03. The smallest absolute Gasteiger partial charge is 0.126 e. The number of rotatable bonds is 1. The maximum absolute atomic E-state index is 4.37. The van der Waals surface area contributed by atoms with E-state index in [0.29, 0.717) is 0 Å². The van der Waals surface area contributed by atoms with Crippen LogP contribution in [0.15, 0.2) is 6.07 Å². The molecule has 0 aliphatic carbocycles. The number of aryl methyl sites for hydroxylation is 2. The maximum atomic E-state index is 4.37. The second-order valence-electron chi connectivity index (χ2n) is 4.06. The fourth-order valence-corrected chi connectivity index (χ4v) is 1.93. The standard InChI is InChI=1S/C10H18N4/c1-9-8-10(13(3)11-9)14-6-4-12(2)5-7-14/h8H,4-7H2,1-3H3. The Morgan fingerprint density at radius 3 is 2.29 bits per heavy atom. The third kappa shape index (κ3) is 1.75. The van der Waals surface area contributed by atoms with Gasteiger partial charge < -0.3 is 9.80 Å². The number of hydrogen-bond acceptors (Lipinski definition) is 3. The van der Waals surface area contributed by atoms with E-state index in [1.54, 1.807) is 0 Å². The highest BCUT2D eigenvalue weighted by molar-refractivity contribution is 5.41. The number of hydrogen-bond donors (Lipinski definition) is 0. The lowest BCUT2D eigenvalue weighted by atomic mass is 10.3. The van der Waals surface area contributed by atoms with Crippen LogP contribution < -0.4 is 4.90 Å². The van der Waals surface area contributed by atoms with Crippen LogP contribution in [-0.4, -0.2) is 47.9 Å². The minimum absolute atomic E-state index is 1.10. The number of likely N-dealkylation sites (N-methyl/N-ethyl adjacent to an activating group) is 1. The summed E-state index contributed by atoms with van der Waals surface area (Å²) in [6.07, 6.45) is 0. The molecule has 4 heteroatoms. The molecular formula is C10H18N4. The van der Waals surface area contributed by atoms with Crippen LogP contribution in [0, 0.1) is 6.92 Å². The first-order valence-corrected chi connectivity index (χ1v) is 5.11. The molecule has 0 unspecified atom stereocenters. The summed E-state index contributed by atoms with van der Waals surface area (Å²) < 4.78 is 1.97. The molecule has 4 nitrogen and oxygen atoms in total. The molecule has 0 aromatic carbocycles. The van der Waals surface area contributed by atoms with Gasteiger partial charge in [0.25, 0.3) is 0 Å². The van der Waals surface area contributed by atoms with Gasteiger partial charge in [0, 0.05) is 39.3 Å². The molecule has 0 radical (unpaired) electrons. The molecule has 0 spiro atoms. The Morgan fingerprint density at radius 1 is 1.14 bits per heavy atom. The summed E-state index contributed by atoms with van der Waals surface area (Å²) in [6, 6.07) is 2.16. The third-order valence-corrected chi connectivity index (χ3v) is 2.80. The van der Waals surface area contributed by atoms with Crippen LogP contribution in [0.25, 0.3) is 0 Å². The highest BCUT2D eigenvalue weighted by Gasteiger charge is 2.16. The molecule has 0 bridgehead atoms. The fourth-order valence-electron chi connectivity index (χ4n) is 1.93. The van der Waals surface area contributed by atoms with E-state index < -0.39 is 0 Å². The van der Waals surface area contributed by atoms with Gasteiger partial charge in [-0.05, 0) is 14.0 Å². The van der Waals surface area contributed by atoms with Crippen molar-refractivity contribution in [3.8, 4) is 0 Å². The van der Waals surface area contributed by atoms with Crippen molar-refractivity contribution in [2.75, 3.05) is 38.1 Å². The minimum atomic E-state index is 1.10. The number of aromatic nitrogens is 2. The average molecular weight is 194 g/mol. The predicted octanol–water partition coefficient (Wildman–Crippen LogP) is 0.480. The molecule has 2 rings (SSSR count). The Bertz CT molecular complexity index is 310. The lowest BCUT2D eigenvalue weighted by molar-refractivity contribution is 0.311. The molecule has 1 fully saturated rings. The van der Waals surface area contributed by atoms with Gasteiger partial charge in [-0.2, -0.15) is 5.10 Å². The zero-order chi connectivity index (χ0) is 10.1. The first kappa shape index (κ1) is 9.52. The Labute approximate surface area is 85.1 Å². The van der Waals surface area contributed by atoms with Crippen LogP contribution in [0.3, 0.4) is 0 Å². The van der Waals surface area contributed by atoms with E-state index in [9.17, 15) is 0 Å². The molecule has 1 aromatic heterocycles. The molecule has 78 valence electrons. The first-order chi connectivity index (χ1) is 6.66. The normalized spacial score (nSPS) is 18.9. The van der Waals surface area contributed by atoms with Crippen molar-refractivity contribution in [1.29, 1.82) is 0 Å². The van der Waals surface area contributed by atoms with E-state index in [1.165, 1.54) is 5.82 Å². The van der Waals surface area contributed by atoms with Crippen molar-refractivity contribution < 1.29 is 0 Å². The van der Waals surface area contributed by atoms with Gasteiger partial charge in [-0.25, -0.2) is 0 Å². The second kappa shape index (κ2) is 3.61. The minimum Gasteiger partial charge on any atom is -0.354 e. The second-order valence-corrected chi connectivity index (χ2v) is 4.06. The molecular weight excluding hydrogens is 176 g/mol. The molecule has 0 atom stereocenters. The van der Waals surface area contributed by atoms with Crippen LogP contribution in [-0.2, 0) is 7.05 Å². The van der Waals surface area contributed by atoms with Gasteiger partial charge in [0.15, 0.2) is 0 Å². The zero-order valence-corrected chi connectivity index (χ0v) is 9.19. The van der Waals surface area contributed by atoms with Crippen molar-refractivity contribution >= 4 is 5.82 Å². The monoisotopic (exact) mass is 194 g/mol. The van der Waals surface area contributed by atoms with Gasteiger partial charge in [0.05, 0.1) is 5.69 Å². The van der Waals surface area contributed by atoms with E-state index in [4.69, 9.17) is 0 Å². The molecule has 1 aliphatic rings. The molecule has 1 aliphatic heterocycles. The highest BCUT2D eigenvalue weighted by atomic mass is 15.4. The van der Waals surface area contributed by atoms with E-state index in [0.717, 1.165) is 31.9 Å². The van der Waals surface area contributed by atoms with Crippen molar-refractivity contribution in [1.82, 2.24) is 14.7 Å². The summed E-state index contributed by atoms with van der Waals surface area (Å²) in [5.74, 6) is 1.25. The van der Waals surface area contributed by atoms with Crippen LogP contribution in [0.5, 0.6) is 0 Å². The predicted molar refractivity (Wildman–Crippen MR) is 57.7 cm³/mol. The fraction of sp³-hybridized carbons (Fsp3) is 0.700. The average Bonchev–Trinajstić information content (AvgIpc) is 2.47. The summed E-state index contributed by atoms with van der Waals surface area (Å²) in [6.45, 7) is 6.54. The van der Waals surface area contributed by atoms with Crippen LogP contribution >= 0.6 is 0 Å². The quantitative estimate of drug-likeness (QED) is 0.650. The zero-order valence-electron chi connectivity index (χ0n) is 9.19. The number of nitrogens with zero attached hydrogens (tertiary/aromatic N) is 4. The maximum Gasteiger partial charge on any atom is 0.126 e. The summed E-state index contributed by atoms with van der Waals surface area (Å²) in [7, 11) is 4.19. The Morgan fingerprint density at radius 2 is 1.79 bits per heavy atom. The largest absolute Gasteiger partial charge is 0.354 e. The topological polar surface area (TPSA) is 24.3 Å². The molecule has 0 N–H and O–H groups in total. The van der Waals surface area contributed by atoms with Gasteiger partial charge in [0.2, 0.25) is 0 Å². The molecule has 2 heterocycles. The Kier molecular flexibility index (Phi) is 2.46. The highest BCUT2D eigenvalue weighted by Crippen LogP contribution is 2.16. The van der Waals surface area contributed by atoms with E-state index in [1.807, 2.05) is 18.7 Å². The van der Waals surface area contributed by atoms with Crippen LogP contribution in [0.1, 0.15) is 5.69 Å². The SMILES string of the molecule is Cc1cc(N2CCN(C)CC2)n(C)n1. The van der Waals surface area contributed by atoms with Gasteiger partial charge in [0.1, 0.15) is 5.82 Å². The van der Waals surface area contributed by atoms with Gasteiger partial charge >= 0.3 is 0 Å². The van der Waals surface area contributed by atoms with E-state index in [-0.39, 0.29) is 0 Å². The lowest BCUT2D eigenvalue weighted by Crippen LogP contribution is -2.45. The number of anilines is 1. The van der Waals surface area contributed by atoms with E-state index in [2.05, 4.69) is 28.0 Å². The molecule has 1 aromatic rings. The summed E-state index contributed by atoms with van der Waals surface area (Å²) in [5, 5.41) is 4.37. The van der Waals surface area contributed by atoms with Crippen molar-refractivity contribution in [2.45, 2.75) is 6.92 Å². The third-order valence-electron chi connectivity index (χ3n) is 2.80. The van der Waals surface area contributed by atoms with Crippen molar-refractivity contribution in [3.05, 3.63) is 11.8 Å². The molecule has 1 saturated heterocycles. The van der Waals surface area contributed by atoms with E-state index >= 15 is 0 Å². The molecule has 0 saturated carbocycles. The number of piperazine rings is 1. The van der Waals surface area contributed by atoms with Crippen molar-refractivity contribution in [3.63, 3.8) is 0 Å². The van der Waals surface area contributed by atoms with Gasteiger partial charge in [-0.1, -0.05) is 0 Å². The van der Waals surface area contributed by atoms with Gasteiger partial charge in [-0.3, -0.25) is 4.68 Å². The summed E-state index contributed by atoms with van der Waals surface area (Å²) in [5.41, 5.74) is 1.10. The molecule has 14 heavy (non-hydrogen) atoms. The van der Waals surface area contributed by atoms with Gasteiger partial charge in [-0.15, -0.1) is 0 Å². The van der Waals surface area contributed by atoms with Crippen molar-refractivity contribution in [2.24, 2.45) is 7.05 Å². The summed E-state index contributed by atoms with van der Waals surface area (Å²) >= 11 is 0. The van der Waals surface area contributed by atoms with Crippen LogP contribution in [0.2, 0.25) is 0 Å². The van der Waals surface area contributed by atoms with Crippen LogP contribution in [0.4, 0.5) is 5.82 Å².